The summed E-state index contributed by atoms with van der Waals surface area (Å²) in [7, 11) is 0. The van der Waals surface area contributed by atoms with E-state index in [9.17, 15) is 19.2 Å². The van der Waals surface area contributed by atoms with Crippen molar-refractivity contribution in [2.45, 2.75) is 22.6 Å². The van der Waals surface area contributed by atoms with Gasteiger partial charge in [0.05, 0.1) is 12.0 Å². The molecule has 1 aromatic carbocycles. The van der Waals surface area contributed by atoms with E-state index in [1.807, 2.05) is 24.3 Å². The van der Waals surface area contributed by atoms with Gasteiger partial charge in [-0.25, -0.2) is 4.79 Å². The first-order valence-electron chi connectivity index (χ1n) is 10.4. The molecule has 0 spiro atoms. The van der Waals surface area contributed by atoms with Crippen LogP contribution >= 0.6 is 11.8 Å². The number of benzene rings is 1. The molecule has 2 aromatic rings. The molecule has 3 aliphatic heterocycles. The summed E-state index contributed by atoms with van der Waals surface area (Å²) >= 11 is 1.31. The van der Waals surface area contributed by atoms with Crippen LogP contribution in [-0.2, 0) is 19.1 Å². The molecule has 9 nitrogen and oxygen atoms in total. The Morgan fingerprint density at radius 3 is 2.53 bits per heavy atom. The second-order valence-corrected chi connectivity index (χ2v) is 9.13. The molecule has 32 heavy (non-hydrogen) atoms. The van der Waals surface area contributed by atoms with E-state index in [4.69, 9.17) is 9.15 Å². The number of ether oxygens (including phenoxy) is 1. The highest BCUT2D eigenvalue weighted by Crippen LogP contribution is 2.56. The van der Waals surface area contributed by atoms with Crippen LogP contribution in [0, 0.1) is 0 Å². The number of carbonyl (C=O) groups excluding carboxylic acids is 4. The fourth-order valence-electron chi connectivity index (χ4n) is 4.32. The van der Waals surface area contributed by atoms with Gasteiger partial charge in [0.15, 0.2) is 17.2 Å². The molecule has 166 valence electrons. The van der Waals surface area contributed by atoms with Gasteiger partial charge >= 0.3 is 5.97 Å². The van der Waals surface area contributed by atoms with E-state index in [-0.39, 0.29) is 29.9 Å². The maximum Gasteiger partial charge on any atom is 0.344 e. The van der Waals surface area contributed by atoms with E-state index >= 15 is 0 Å². The van der Waals surface area contributed by atoms with Crippen LogP contribution in [0.4, 0.5) is 5.69 Å². The third-order valence-electron chi connectivity index (χ3n) is 5.97. The number of hydrogen-bond donors (Lipinski definition) is 0. The highest BCUT2D eigenvalue weighted by molar-refractivity contribution is 8.02. The van der Waals surface area contributed by atoms with Gasteiger partial charge in [0.2, 0.25) is 5.91 Å². The fourth-order valence-corrected chi connectivity index (χ4v) is 5.73. The van der Waals surface area contributed by atoms with Gasteiger partial charge in [0.1, 0.15) is 0 Å². The van der Waals surface area contributed by atoms with E-state index < -0.39 is 17.4 Å². The van der Waals surface area contributed by atoms with Crippen LogP contribution in [0.1, 0.15) is 23.4 Å². The van der Waals surface area contributed by atoms with Crippen molar-refractivity contribution in [1.29, 1.82) is 0 Å². The maximum absolute atomic E-state index is 13.1. The number of anilines is 1. The summed E-state index contributed by atoms with van der Waals surface area (Å²) in [5.74, 6) is -0.969. The largest absolute Gasteiger partial charge is 0.459 e. The molecule has 3 aliphatic rings. The van der Waals surface area contributed by atoms with Gasteiger partial charge in [-0.3, -0.25) is 19.3 Å². The number of carbonyl (C=O) groups is 4. The van der Waals surface area contributed by atoms with Gasteiger partial charge in [-0.15, -0.1) is 0 Å². The molecule has 0 bridgehead atoms. The van der Waals surface area contributed by atoms with E-state index in [0.29, 0.717) is 38.3 Å². The number of nitrogens with zero attached hydrogens (tertiary/aromatic N) is 3. The Bertz CT molecular complexity index is 1080. The number of piperazine rings is 1. The van der Waals surface area contributed by atoms with Crippen molar-refractivity contribution in [3.05, 3.63) is 48.4 Å². The molecule has 10 heteroatoms. The zero-order valence-electron chi connectivity index (χ0n) is 17.2. The molecule has 0 saturated carbocycles. The lowest BCUT2D eigenvalue weighted by molar-refractivity contribution is -0.154. The summed E-state index contributed by atoms with van der Waals surface area (Å²) in [6, 6.07) is 10.6. The number of para-hydroxylation sites is 1. The average molecular weight is 455 g/mol. The van der Waals surface area contributed by atoms with Crippen LogP contribution in [0.25, 0.3) is 0 Å². The fraction of sp³-hybridized carbons (Fsp3) is 0.364. The summed E-state index contributed by atoms with van der Waals surface area (Å²) in [6.07, 6.45) is 2.04. The molecule has 1 aromatic heterocycles. The summed E-state index contributed by atoms with van der Waals surface area (Å²) in [4.78, 5) is 54.9. The monoisotopic (exact) mass is 455 g/mol. The lowest BCUT2D eigenvalue weighted by Gasteiger charge is -2.34. The lowest BCUT2D eigenvalue weighted by atomic mass is 10.2. The Labute approximate surface area is 188 Å². The molecule has 0 aliphatic carbocycles. The first kappa shape index (κ1) is 20.6. The summed E-state index contributed by atoms with van der Waals surface area (Å²) in [6.45, 7) is 1.04. The number of furan rings is 1. The second-order valence-electron chi connectivity index (χ2n) is 7.81. The van der Waals surface area contributed by atoms with Gasteiger partial charge in [-0.05, 0) is 24.3 Å². The molecular weight excluding hydrogens is 434 g/mol. The first-order valence-corrected chi connectivity index (χ1v) is 11.2. The van der Waals surface area contributed by atoms with E-state index in [0.717, 1.165) is 4.90 Å². The van der Waals surface area contributed by atoms with Crippen molar-refractivity contribution in [2.24, 2.45) is 0 Å². The van der Waals surface area contributed by atoms with Crippen molar-refractivity contribution < 1.29 is 28.3 Å². The number of esters is 1. The molecule has 4 heterocycles. The minimum atomic E-state index is -1.14. The van der Waals surface area contributed by atoms with E-state index in [1.165, 1.54) is 22.9 Å². The highest BCUT2D eigenvalue weighted by Gasteiger charge is 2.58. The molecule has 1 atom stereocenters. The van der Waals surface area contributed by atoms with Gasteiger partial charge in [0.25, 0.3) is 11.8 Å². The van der Waals surface area contributed by atoms with Gasteiger partial charge < -0.3 is 19.0 Å². The molecule has 5 rings (SSSR count). The smallest absolute Gasteiger partial charge is 0.344 e. The number of fused-ring (bicyclic) bond motifs is 3. The van der Waals surface area contributed by atoms with Crippen LogP contribution in [0.15, 0.2) is 52.0 Å². The Balaban J connectivity index is 1.18. The lowest BCUT2D eigenvalue weighted by Crippen LogP contribution is -2.52. The standard InChI is InChI=1S/C22H21N3O6S/c26-18-7-8-22(25(18)15-4-1-2-6-17(15)32-22)21(29)31-14-19(27)23-9-11-24(12-10-23)20(28)16-5-3-13-30-16/h1-6,13H,7-12,14H2. The highest BCUT2D eigenvalue weighted by atomic mass is 32.2. The molecule has 0 N–H and O–H groups in total. The number of amides is 3. The maximum atomic E-state index is 13.1. The van der Waals surface area contributed by atoms with Gasteiger partial charge in [-0.2, -0.15) is 0 Å². The normalized spacial score (nSPS) is 22.0. The van der Waals surface area contributed by atoms with Crippen molar-refractivity contribution in [3.63, 3.8) is 0 Å². The van der Waals surface area contributed by atoms with Crippen LogP contribution in [0.5, 0.6) is 0 Å². The number of rotatable bonds is 4. The summed E-state index contributed by atoms with van der Waals surface area (Å²) in [5.41, 5.74) is 0.709. The Morgan fingerprint density at radius 1 is 1.03 bits per heavy atom. The van der Waals surface area contributed by atoms with Crippen LogP contribution in [-0.4, -0.2) is 71.1 Å². The third-order valence-corrected chi connectivity index (χ3v) is 7.43. The van der Waals surface area contributed by atoms with E-state index in [1.54, 1.807) is 21.9 Å². The molecule has 1 unspecified atom stereocenters. The molecule has 2 saturated heterocycles. The van der Waals surface area contributed by atoms with Crippen LogP contribution in [0.2, 0.25) is 0 Å². The second kappa shape index (κ2) is 8.01. The third kappa shape index (κ3) is 3.35. The summed E-state index contributed by atoms with van der Waals surface area (Å²) in [5, 5.41) is 0. The molecule has 3 amide bonds. The zero-order valence-corrected chi connectivity index (χ0v) is 18.0. The Morgan fingerprint density at radius 2 is 1.78 bits per heavy atom. The van der Waals surface area contributed by atoms with Crippen LogP contribution < -0.4 is 4.90 Å². The molecular formula is C22H21N3O6S. The predicted molar refractivity (Wildman–Crippen MR) is 114 cm³/mol. The van der Waals surface area contributed by atoms with E-state index in [2.05, 4.69) is 0 Å². The SMILES string of the molecule is O=C(COC(=O)C12CCC(=O)N1c1ccccc1S2)N1CCN(C(=O)c2ccco2)CC1. The van der Waals surface area contributed by atoms with Gasteiger partial charge in [0, 0.05) is 43.9 Å². The molecule has 2 fully saturated rings. The Hall–Kier alpha value is -3.27. The van der Waals surface area contributed by atoms with Crippen molar-refractivity contribution in [1.82, 2.24) is 9.80 Å². The number of hydrogen-bond acceptors (Lipinski definition) is 7. The minimum Gasteiger partial charge on any atom is -0.459 e. The minimum absolute atomic E-state index is 0.122. The first-order chi connectivity index (χ1) is 15.5. The van der Waals surface area contributed by atoms with Crippen molar-refractivity contribution >= 4 is 41.1 Å². The van der Waals surface area contributed by atoms with Crippen molar-refractivity contribution in [2.75, 3.05) is 37.7 Å². The number of thioether (sulfide) groups is 1. The van der Waals surface area contributed by atoms with Crippen LogP contribution in [0.3, 0.4) is 0 Å². The zero-order chi connectivity index (χ0) is 22.3. The average Bonchev–Trinajstić information content (AvgIpc) is 3.54. The predicted octanol–water partition coefficient (Wildman–Crippen LogP) is 1.74. The van der Waals surface area contributed by atoms with Crippen molar-refractivity contribution in [3.8, 4) is 0 Å². The summed E-state index contributed by atoms with van der Waals surface area (Å²) < 4.78 is 10.6. The van der Waals surface area contributed by atoms with Gasteiger partial charge in [-0.1, -0.05) is 23.9 Å². The quantitative estimate of drug-likeness (QED) is 0.648. The topological polar surface area (TPSA) is 100 Å². The Kier molecular flexibility index (Phi) is 5.16. The molecule has 0 radical (unpaired) electrons.